The van der Waals surface area contributed by atoms with E-state index in [-0.39, 0.29) is 18.1 Å². The van der Waals surface area contributed by atoms with Gasteiger partial charge in [0, 0.05) is 6.04 Å². The van der Waals surface area contributed by atoms with Gasteiger partial charge < -0.3 is 9.47 Å². The number of ether oxygens (including phenoxy) is 2. The first-order valence-corrected chi connectivity index (χ1v) is 7.15. The van der Waals surface area contributed by atoms with E-state index < -0.39 is 0 Å². The van der Waals surface area contributed by atoms with Gasteiger partial charge in [-0.1, -0.05) is 6.07 Å². The van der Waals surface area contributed by atoms with Gasteiger partial charge in [0.25, 0.3) is 0 Å². The van der Waals surface area contributed by atoms with Crippen LogP contribution in [0.2, 0.25) is 0 Å². The summed E-state index contributed by atoms with van der Waals surface area (Å²) in [5.74, 6) is 0.768. The summed E-state index contributed by atoms with van der Waals surface area (Å²) in [6.45, 7) is 6.44. The van der Waals surface area contributed by atoms with Gasteiger partial charge in [0.2, 0.25) is 0 Å². The highest BCUT2D eigenvalue weighted by atomic mass is 16.5. The average molecular weight is 277 g/mol. The van der Waals surface area contributed by atoms with Gasteiger partial charge >= 0.3 is 5.97 Å². The Hall–Kier alpha value is -1.55. The molecule has 0 bridgehead atoms. The van der Waals surface area contributed by atoms with Crippen molar-refractivity contribution in [2.45, 2.75) is 45.7 Å². The number of methoxy groups -OCH3 is 1. The van der Waals surface area contributed by atoms with Crippen molar-refractivity contribution in [2.75, 3.05) is 13.7 Å². The molecule has 1 aliphatic rings. The topological polar surface area (TPSA) is 47.6 Å². The molecule has 0 radical (unpaired) electrons. The first kappa shape index (κ1) is 14.9. The molecule has 1 aliphatic heterocycles. The molecule has 0 unspecified atom stereocenters. The van der Waals surface area contributed by atoms with Gasteiger partial charge in [0.1, 0.15) is 11.8 Å². The lowest BCUT2D eigenvalue weighted by atomic mass is 9.96. The van der Waals surface area contributed by atoms with Crippen LogP contribution in [0.5, 0.6) is 5.75 Å². The molecule has 4 heteroatoms. The summed E-state index contributed by atoms with van der Waals surface area (Å²) in [7, 11) is 1.69. The Kier molecular flexibility index (Phi) is 4.65. The zero-order valence-electron chi connectivity index (χ0n) is 12.7. The maximum atomic E-state index is 11.8. The third-order valence-corrected chi connectivity index (χ3v) is 4.09. The fourth-order valence-corrected chi connectivity index (χ4v) is 2.83. The molecule has 20 heavy (non-hydrogen) atoms. The Balaban J connectivity index is 2.14. The van der Waals surface area contributed by atoms with Crippen molar-refractivity contribution in [3.05, 3.63) is 28.8 Å². The lowest BCUT2D eigenvalue weighted by Crippen LogP contribution is -2.33. The molecule has 2 rings (SSSR count). The van der Waals surface area contributed by atoms with E-state index in [0.717, 1.165) is 24.2 Å². The van der Waals surface area contributed by atoms with Crippen molar-refractivity contribution < 1.29 is 14.3 Å². The largest absolute Gasteiger partial charge is 0.496 e. The normalized spacial score (nSPS) is 21.8. The van der Waals surface area contributed by atoms with E-state index in [9.17, 15) is 4.79 Å². The maximum Gasteiger partial charge on any atom is 0.323 e. The highest BCUT2D eigenvalue weighted by Crippen LogP contribution is 2.33. The van der Waals surface area contributed by atoms with E-state index in [2.05, 4.69) is 25.2 Å². The number of hydrogen-bond acceptors (Lipinski definition) is 4. The molecule has 110 valence electrons. The summed E-state index contributed by atoms with van der Waals surface area (Å²) in [4.78, 5) is 11.8. The molecule has 0 aliphatic carbocycles. The lowest BCUT2D eigenvalue weighted by Gasteiger charge is -2.18. The summed E-state index contributed by atoms with van der Waals surface area (Å²) < 4.78 is 10.4. The lowest BCUT2D eigenvalue weighted by molar-refractivity contribution is -0.145. The molecule has 0 saturated carbocycles. The summed E-state index contributed by atoms with van der Waals surface area (Å²) >= 11 is 0. The van der Waals surface area contributed by atoms with E-state index in [4.69, 9.17) is 9.47 Å². The fourth-order valence-electron chi connectivity index (χ4n) is 2.83. The van der Waals surface area contributed by atoms with E-state index in [1.165, 1.54) is 11.1 Å². The second-order valence-corrected chi connectivity index (χ2v) is 5.21. The number of rotatable bonds is 4. The summed E-state index contributed by atoms with van der Waals surface area (Å²) in [6.07, 6.45) is 1.78. The minimum absolute atomic E-state index is 0.141. The van der Waals surface area contributed by atoms with Crippen LogP contribution >= 0.6 is 0 Å². The Morgan fingerprint density at radius 1 is 1.30 bits per heavy atom. The SMILES string of the molecule is CCOC(=O)[C@H]1CC[C@H](c2ccc(OC)c(C)c2C)N1. The predicted octanol–water partition coefficient (Wildman–Crippen LogP) is 2.67. The van der Waals surface area contributed by atoms with Crippen molar-refractivity contribution >= 4 is 5.97 Å². The Bertz CT molecular complexity index is 499. The molecule has 1 N–H and O–H groups in total. The van der Waals surface area contributed by atoms with E-state index >= 15 is 0 Å². The molecule has 0 spiro atoms. The smallest absolute Gasteiger partial charge is 0.323 e. The van der Waals surface area contributed by atoms with Crippen LogP contribution in [-0.4, -0.2) is 25.7 Å². The first-order valence-electron chi connectivity index (χ1n) is 7.15. The third kappa shape index (κ3) is 2.80. The van der Waals surface area contributed by atoms with E-state index in [1.54, 1.807) is 7.11 Å². The number of nitrogens with one attached hydrogen (secondary N) is 1. The highest BCUT2D eigenvalue weighted by Gasteiger charge is 2.31. The van der Waals surface area contributed by atoms with Gasteiger partial charge in [0.05, 0.1) is 13.7 Å². The van der Waals surface area contributed by atoms with Crippen LogP contribution in [0, 0.1) is 13.8 Å². The van der Waals surface area contributed by atoms with Crippen LogP contribution in [0.15, 0.2) is 12.1 Å². The molecule has 2 atom stereocenters. The van der Waals surface area contributed by atoms with Crippen molar-refractivity contribution in [2.24, 2.45) is 0 Å². The standard InChI is InChI=1S/C16H23NO3/c1-5-20-16(18)14-8-7-13(17-14)12-6-9-15(19-4)11(3)10(12)2/h6,9,13-14,17H,5,7-8H2,1-4H3/t13-,14-/m1/s1. The first-order chi connectivity index (χ1) is 9.58. The number of carbonyl (C=O) groups is 1. The van der Waals surface area contributed by atoms with Crippen LogP contribution in [0.4, 0.5) is 0 Å². The van der Waals surface area contributed by atoms with Gasteiger partial charge in [-0.15, -0.1) is 0 Å². The Morgan fingerprint density at radius 3 is 2.70 bits per heavy atom. The number of esters is 1. The summed E-state index contributed by atoms with van der Waals surface area (Å²) in [6, 6.07) is 4.12. The highest BCUT2D eigenvalue weighted by molar-refractivity contribution is 5.76. The molecule has 1 aromatic rings. The van der Waals surface area contributed by atoms with Crippen molar-refractivity contribution in [1.82, 2.24) is 5.32 Å². The minimum atomic E-state index is -0.179. The Labute approximate surface area is 120 Å². The molecule has 1 saturated heterocycles. The summed E-state index contributed by atoms with van der Waals surface area (Å²) in [5, 5.41) is 3.38. The van der Waals surface area contributed by atoms with E-state index in [0.29, 0.717) is 6.61 Å². The average Bonchev–Trinajstić information content (AvgIpc) is 2.91. The van der Waals surface area contributed by atoms with Crippen LogP contribution < -0.4 is 10.1 Å². The van der Waals surface area contributed by atoms with Crippen LogP contribution in [-0.2, 0) is 9.53 Å². The van der Waals surface area contributed by atoms with Gasteiger partial charge in [-0.3, -0.25) is 10.1 Å². The molecular weight excluding hydrogens is 254 g/mol. The van der Waals surface area contributed by atoms with Crippen molar-refractivity contribution in [1.29, 1.82) is 0 Å². The monoisotopic (exact) mass is 277 g/mol. The molecule has 1 fully saturated rings. The maximum absolute atomic E-state index is 11.8. The van der Waals surface area contributed by atoms with Crippen LogP contribution in [0.3, 0.4) is 0 Å². The molecule has 1 heterocycles. The number of benzene rings is 1. The molecule has 0 amide bonds. The molecule has 0 aromatic heterocycles. The second kappa shape index (κ2) is 6.27. The van der Waals surface area contributed by atoms with Gasteiger partial charge in [-0.25, -0.2) is 0 Å². The predicted molar refractivity (Wildman–Crippen MR) is 78.0 cm³/mol. The quantitative estimate of drug-likeness (QED) is 0.860. The van der Waals surface area contributed by atoms with Crippen LogP contribution in [0.25, 0.3) is 0 Å². The molecular formula is C16H23NO3. The minimum Gasteiger partial charge on any atom is -0.496 e. The van der Waals surface area contributed by atoms with Gasteiger partial charge in [-0.2, -0.15) is 0 Å². The molecule has 4 nitrogen and oxygen atoms in total. The van der Waals surface area contributed by atoms with Crippen molar-refractivity contribution in [3.63, 3.8) is 0 Å². The van der Waals surface area contributed by atoms with Crippen LogP contribution in [0.1, 0.15) is 42.5 Å². The zero-order valence-corrected chi connectivity index (χ0v) is 12.7. The number of carbonyl (C=O) groups excluding carboxylic acids is 1. The van der Waals surface area contributed by atoms with Gasteiger partial charge in [-0.05, 0) is 56.4 Å². The second-order valence-electron chi connectivity index (χ2n) is 5.21. The van der Waals surface area contributed by atoms with Crippen molar-refractivity contribution in [3.8, 4) is 5.75 Å². The zero-order chi connectivity index (χ0) is 14.7. The van der Waals surface area contributed by atoms with Gasteiger partial charge in [0.15, 0.2) is 0 Å². The third-order valence-electron chi connectivity index (χ3n) is 4.09. The van der Waals surface area contributed by atoms with E-state index in [1.807, 2.05) is 13.0 Å². The summed E-state index contributed by atoms with van der Waals surface area (Å²) in [5.41, 5.74) is 3.63. The number of hydrogen-bond donors (Lipinski definition) is 1. The Morgan fingerprint density at radius 2 is 2.05 bits per heavy atom. The molecule has 1 aromatic carbocycles. The fraction of sp³-hybridized carbons (Fsp3) is 0.562.